The first-order chi connectivity index (χ1) is 10.3. The molecule has 0 aliphatic heterocycles. The van der Waals surface area contributed by atoms with Crippen molar-refractivity contribution < 1.29 is 9.84 Å². The summed E-state index contributed by atoms with van der Waals surface area (Å²) in [4.78, 5) is 0. The molecule has 2 aromatic rings. The van der Waals surface area contributed by atoms with Crippen LogP contribution in [-0.4, -0.2) is 18.9 Å². The number of aliphatic hydroxyl groups is 1. The van der Waals surface area contributed by atoms with Crippen molar-refractivity contribution >= 4 is 17.8 Å². The third-order valence-corrected chi connectivity index (χ3v) is 2.78. The van der Waals surface area contributed by atoms with E-state index in [-0.39, 0.29) is 6.79 Å². The summed E-state index contributed by atoms with van der Waals surface area (Å²) in [7, 11) is 1.90. The van der Waals surface area contributed by atoms with Crippen molar-refractivity contribution in [2.24, 2.45) is 0 Å². The number of anilines is 1. The fourth-order valence-electron chi connectivity index (χ4n) is 1.70. The Hall–Kier alpha value is -2.26. The van der Waals surface area contributed by atoms with Crippen LogP contribution in [0.5, 0.6) is 5.75 Å². The van der Waals surface area contributed by atoms with Gasteiger partial charge in [-0.1, -0.05) is 50.3 Å². The molecule has 3 heteroatoms. The predicted molar refractivity (Wildman–Crippen MR) is 90.4 cm³/mol. The Bertz CT molecular complexity index is 530. The van der Waals surface area contributed by atoms with Gasteiger partial charge in [0.1, 0.15) is 5.75 Å². The molecule has 0 radical (unpaired) electrons. The zero-order valence-electron chi connectivity index (χ0n) is 12.8. The molecule has 0 aliphatic carbocycles. The van der Waals surface area contributed by atoms with Crippen LogP contribution < -0.4 is 10.1 Å². The highest BCUT2D eigenvalue weighted by Crippen LogP contribution is 2.15. The van der Waals surface area contributed by atoms with Crippen LogP contribution in [-0.2, 0) is 0 Å². The van der Waals surface area contributed by atoms with Gasteiger partial charge in [-0.2, -0.15) is 0 Å². The predicted octanol–water partition coefficient (Wildman–Crippen LogP) is 4.25. The van der Waals surface area contributed by atoms with Gasteiger partial charge in [-0.25, -0.2) is 0 Å². The number of rotatable bonds is 5. The first kappa shape index (κ1) is 16.8. The molecule has 2 N–H and O–H groups in total. The molecule has 0 spiro atoms. The van der Waals surface area contributed by atoms with Crippen LogP contribution >= 0.6 is 0 Å². The fourth-order valence-corrected chi connectivity index (χ4v) is 1.70. The normalized spacial score (nSPS) is 9.90. The lowest BCUT2D eigenvalue weighted by molar-refractivity contribution is 0.0985. The number of aliphatic hydroxyl groups excluding tert-OH is 1. The van der Waals surface area contributed by atoms with Crippen molar-refractivity contribution in [2.45, 2.75) is 13.8 Å². The molecule has 2 aromatic carbocycles. The van der Waals surface area contributed by atoms with E-state index in [1.54, 1.807) is 0 Å². The van der Waals surface area contributed by atoms with Crippen LogP contribution in [0.2, 0.25) is 0 Å². The molecule has 0 unspecified atom stereocenters. The molecule has 2 rings (SSSR count). The van der Waals surface area contributed by atoms with Gasteiger partial charge in [0.15, 0.2) is 6.79 Å². The second kappa shape index (κ2) is 9.61. The van der Waals surface area contributed by atoms with Gasteiger partial charge in [0, 0.05) is 12.7 Å². The van der Waals surface area contributed by atoms with E-state index in [0.717, 1.165) is 16.8 Å². The molecule has 112 valence electrons. The van der Waals surface area contributed by atoms with Crippen LogP contribution in [0.25, 0.3) is 12.2 Å². The largest absolute Gasteiger partial charge is 0.468 e. The molecule has 0 saturated heterocycles. The Morgan fingerprint density at radius 1 is 0.905 bits per heavy atom. The molecule has 0 atom stereocenters. The second-order valence-corrected chi connectivity index (χ2v) is 4.05. The fraction of sp³-hybridized carbons (Fsp3) is 0.222. The van der Waals surface area contributed by atoms with Gasteiger partial charge >= 0.3 is 0 Å². The summed E-state index contributed by atoms with van der Waals surface area (Å²) in [5.74, 6) is 0.665. The summed E-state index contributed by atoms with van der Waals surface area (Å²) >= 11 is 0. The molecule has 3 nitrogen and oxygen atoms in total. The lowest BCUT2D eigenvalue weighted by Crippen LogP contribution is -1.93. The van der Waals surface area contributed by atoms with Gasteiger partial charge in [-0.05, 0) is 35.4 Å². The van der Waals surface area contributed by atoms with Crippen LogP contribution in [0.4, 0.5) is 5.69 Å². The maximum Gasteiger partial charge on any atom is 0.186 e. The van der Waals surface area contributed by atoms with E-state index in [4.69, 9.17) is 9.84 Å². The van der Waals surface area contributed by atoms with Crippen molar-refractivity contribution in [1.29, 1.82) is 0 Å². The summed E-state index contributed by atoms with van der Waals surface area (Å²) in [5, 5.41) is 11.7. The van der Waals surface area contributed by atoms with Crippen LogP contribution in [0, 0.1) is 0 Å². The van der Waals surface area contributed by atoms with Crippen molar-refractivity contribution in [1.82, 2.24) is 0 Å². The molecule has 21 heavy (non-hydrogen) atoms. The number of nitrogens with one attached hydrogen (secondary N) is 1. The third kappa shape index (κ3) is 5.71. The number of hydrogen-bond acceptors (Lipinski definition) is 3. The Morgan fingerprint density at radius 2 is 1.38 bits per heavy atom. The SMILES string of the molecule is CC.CNc1ccc(/C=C/c2ccc(OCO)cc2)cc1. The second-order valence-electron chi connectivity index (χ2n) is 4.05. The Balaban J connectivity index is 0.00000106. The van der Waals surface area contributed by atoms with Gasteiger partial charge in [-0.15, -0.1) is 0 Å². The quantitative estimate of drug-likeness (QED) is 0.637. The molecule has 0 fully saturated rings. The molecule has 0 heterocycles. The highest BCUT2D eigenvalue weighted by molar-refractivity contribution is 5.70. The van der Waals surface area contributed by atoms with Crippen molar-refractivity contribution in [3.05, 3.63) is 59.7 Å². The van der Waals surface area contributed by atoms with Gasteiger partial charge in [-0.3, -0.25) is 0 Å². The topological polar surface area (TPSA) is 41.5 Å². The first-order valence-electron chi connectivity index (χ1n) is 7.11. The van der Waals surface area contributed by atoms with Gasteiger partial charge in [0.25, 0.3) is 0 Å². The van der Waals surface area contributed by atoms with E-state index in [1.165, 1.54) is 0 Å². The van der Waals surface area contributed by atoms with E-state index < -0.39 is 0 Å². The first-order valence-corrected chi connectivity index (χ1v) is 7.11. The molecule has 0 bridgehead atoms. The Labute approximate surface area is 126 Å². The monoisotopic (exact) mass is 285 g/mol. The summed E-state index contributed by atoms with van der Waals surface area (Å²) in [6, 6.07) is 15.8. The molecule has 0 saturated carbocycles. The minimum atomic E-state index is -0.299. The van der Waals surface area contributed by atoms with Crippen molar-refractivity contribution in [3.63, 3.8) is 0 Å². The van der Waals surface area contributed by atoms with Crippen molar-refractivity contribution in [2.75, 3.05) is 19.2 Å². The lowest BCUT2D eigenvalue weighted by atomic mass is 10.1. The molecule has 0 aliphatic rings. The highest BCUT2D eigenvalue weighted by Gasteiger charge is 1.92. The lowest BCUT2D eigenvalue weighted by Gasteiger charge is -2.02. The number of ether oxygens (including phenoxy) is 1. The van der Waals surface area contributed by atoms with Crippen LogP contribution in [0.1, 0.15) is 25.0 Å². The van der Waals surface area contributed by atoms with E-state index in [0.29, 0.717) is 5.75 Å². The van der Waals surface area contributed by atoms with Gasteiger partial charge < -0.3 is 15.2 Å². The zero-order valence-corrected chi connectivity index (χ0v) is 12.8. The summed E-state index contributed by atoms with van der Waals surface area (Å²) in [6.45, 7) is 3.70. The molecule has 0 aromatic heterocycles. The van der Waals surface area contributed by atoms with Gasteiger partial charge in [0.2, 0.25) is 0 Å². The molecule has 0 amide bonds. The van der Waals surface area contributed by atoms with Crippen molar-refractivity contribution in [3.8, 4) is 5.75 Å². The average Bonchev–Trinajstić information content (AvgIpc) is 2.57. The summed E-state index contributed by atoms with van der Waals surface area (Å²) < 4.78 is 4.97. The smallest absolute Gasteiger partial charge is 0.186 e. The summed E-state index contributed by atoms with van der Waals surface area (Å²) in [6.07, 6.45) is 4.10. The minimum absolute atomic E-state index is 0.299. The van der Waals surface area contributed by atoms with E-state index in [2.05, 4.69) is 23.5 Å². The Kier molecular flexibility index (Phi) is 7.69. The van der Waals surface area contributed by atoms with Crippen LogP contribution in [0.15, 0.2) is 48.5 Å². The molecular weight excluding hydrogens is 262 g/mol. The zero-order chi connectivity index (χ0) is 15.5. The average molecular weight is 285 g/mol. The maximum absolute atomic E-state index is 8.64. The highest BCUT2D eigenvalue weighted by atomic mass is 16.6. The van der Waals surface area contributed by atoms with E-state index in [9.17, 15) is 0 Å². The minimum Gasteiger partial charge on any atom is -0.468 e. The van der Waals surface area contributed by atoms with Crippen LogP contribution in [0.3, 0.4) is 0 Å². The summed E-state index contributed by atoms with van der Waals surface area (Å²) in [5.41, 5.74) is 3.33. The van der Waals surface area contributed by atoms with E-state index in [1.807, 2.05) is 63.4 Å². The Morgan fingerprint density at radius 3 is 1.81 bits per heavy atom. The third-order valence-electron chi connectivity index (χ3n) is 2.78. The molecular formula is C18H23NO2. The number of hydrogen-bond donors (Lipinski definition) is 2. The number of benzene rings is 2. The standard InChI is InChI=1S/C16H17NO2.C2H6/c1-17-15-8-4-13(5-9-15)2-3-14-6-10-16(11-7-14)19-12-18;1-2/h2-11,17-18H,12H2,1H3;1-2H3/b3-2+;. The maximum atomic E-state index is 8.64. The van der Waals surface area contributed by atoms with E-state index >= 15 is 0 Å². The van der Waals surface area contributed by atoms with Gasteiger partial charge in [0.05, 0.1) is 0 Å².